The van der Waals surface area contributed by atoms with Crippen LogP contribution in [0.25, 0.3) is 0 Å². The van der Waals surface area contributed by atoms with E-state index in [1.54, 1.807) is 12.1 Å². The number of aliphatic carboxylic acids is 2. The lowest BCUT2D eigenvalue weighted by Crippen LogP contribution is -2.49. The van der Waals surface area contributed by atoms with E-state index in [1.807, 2.05) is 31.2 Å². The molecule has 3 N–H and O–H groups in total. The second kappa shape index (κ2) is 16.9. The molecule has 2 aliphatic heterocycles. The maximum atomic E-state index is 13.6. The van der Waals surface area contributed by atoms with Crippen LogP contribution >= 0.6 is 0 Å². The maximum absolute atomic E-state index is 13.6. The first kappa shape index (κ1) is 36.9. The highest BCUT2D eigenvalue weighted by molar-refractivity contribution is 6.27. The van der Waals surface area contributed by atoms with E-state index in [9.17, 15) is 9.18 Å². The highest BCUT2D eigenvalue weighted by atomic mass is 19.1. The Labute approximate surface area is 271 Å². The van der Waals surface area contributed by atoms with Crippen molar-refractivity contribution < 1.29 is 43.2 Å². The molecular weight excluding hydrogens is 595 g/mol. The van der Waals surface area contributed by atoms with Gasteiger partial charge >= 0.3 is 11.9 Å². The lowest BCUT2D eigenvalue weighted by molar-refractivity contribution is -0.292. The minimum Gasteiger partial charge on any atom is -0.493 e. The first-order valence-corrected chi connectivity index (χ1v) is 15.9. The monoisotopic (exact) mass is 644 g/mol. The summed E-state index contributed by atoms with van der Waals surface area (Å²) in [6.07, 6.45) is 3.15. The number of nitrogens with one attached hydrogen (secondary N) is 1. The fraction of sp³-hybridized carbons (Fsp3) is 0.571. The van der Waals surface area contributed by atoms with Crippen molar-refractivity contribution >= 4 is 17.8 Å². The number of rotatable bonds is 11. The third-order valence-corrected chi connectivity index (χ3v) is 8.07. The normalized spacial score (nSPS) is 18.6. The quantitative estimate of drug-likeness (QED) is 0.286. The van der Waals surface area contributed by atoms with Crippen molar-refractivity contribution in [1.82, 2.24) is 10.2 Å². The smallest absolute Gasteiger partial charge is 0.414 e. The van der Waals surface area contributed by atoms with Gasteiger partial charge in [-0.15, -0.1) is 0 Å². The van der Waals surface area contributed by atoms with E-state index in [4.69, 9.17) is 34.0 Å². The van der Waals surface area contributed by atoms with Gasteiger partial charge in [0.2, 0.25) is 5.91 Å². The third-order valence-electron chi connectivity index (χ3n) is 8.07. The molecule has 0 saturated carbocycles. The van der Waals surface area contributed by atoms with Gasteiger partial charge in [0.05, 0.1) is 25.7 Å². The predicted molar refractivity (Wildman–Crippen MR) is 171 cm³/mol. The number of hydrogen-bond acceptors (Lipinski definition) is 7. The molecule has 2 saturated heterocycles. The average molecular weight is 645 g/mol. The van der Waals surface area contributed by atoms with Crippen LogP contribution in [0.5, 0.6) is 5.75 Å². The van der Waals surface area contributed by atoms with Crippen LogP contribution in [0.3, 0.4) is 0 Å². The molecule has 1 unspecified atom stereocenters. The summed E-state index contributed by atoms with van der Waals surface area (Å²) in [5.74, 6) is -3.57. The number of ether oxygens (including phenoxy) is 3. The number of likely N-dealkylation sites (tertiary alicyclic amines) is 1. The number of piperidine rings is 1. The van der Waals surface area contributed by atoms with Crippen molar-refractivity contribution in [2.45, 2.75) is 78.0 Å². The van der Waals surface area contributed by atoms with Crippen LogP contribution in [0.15, 0.2) is 48.5 Å². The van der Waals surface area contributed by atoms with Gasteiger partial charge in [-0.2, -0.15) is 0 Å². The van der Waals surface area contributed by atoms with Crippen molar-refractivity contribution in [1.29, 1.82) is 0 Å². The van der Waals surface area contributed by atoms with Gasteiger partial charge in [0.25, 0.3) is 0 Å². The zero-order chi connectivity index (χ0) is 33.9. The van der Waals surface area contributed by atoms with Crippen molar-refractivity contribution in [3.63, 3.8) is 0 Å². The van der Waals surface area contributed by atoms with Crippen LogP contribution in [-0.4, -0.2) is 84.2 Å². The lowest BCUT2D eigenvalue weighted by atomic mass is 9.90. The number of carboxylic acid groups (broad SMARTS) is 2. The van der Waals surface area contributed by atoms with Crippen molar-refractivity contribution in [2.24, 2.45) is 11.3 Å². The largest absolute Gasteiger partial charge is 0.493 e. The van der Waals surface area contributed by atoms with Gasteiger partial charge in [-0.1, -0.05) is 52.0 Å². The fourth-order valence-electron chi connectivity index (χ4n) is 5.16. The van der Waals surface area contributed by atoms with Crippen LogP contribution < -0.4 is 10.1 Å². The summed E-state index contributed by atoms with van der Waals surface area (Å²) in [4.78, 5) is 34.3. The molecule has 2 aromatic carbocycles. The number of carboxylic acids is 2. The van der Waals surface area contributed by atoms with E-state index in [2.05, 4.69) is 37.9 Å². The molecular formula is C35H49FN2O8. The molecule has 2 fully saturated rings. The van der Waals surface area contributed by atoms with Gasteiger partial charge in [0.1, 0.15) is 11.6 Å². The standard InChI is InChI=1S/C33H47FN2O4.C2H2O4/c1-24(2)21-38-29-12-8-26(9-13-29)30(20-25-6-10-27(34)11-7-25)31(37)35-28-14-17-36(18-15-28)19-16-33(5)39-22-32(3,4)23-40-33;3-1(4)2(5)6/h6-13,24,28,30H,14-23H2,1-5H3,(H,35,37);(H,3,4)(H,5,6). The van der Waals surface area contributed by atoms with Crippen LogP contribution in [0.4, 0.5) is 4.39 Å². The molecule has 0 aromatic heterocycles. The fourth-order valence-corrected chi connectivity index (χ4v) is 5.16. The Morgan fingerprint density at radius 3 is 2.04 bits per heavy atom. The predicted octanol–water partition coefficient (Wildman–Crippen LogP) is 5.10. The zero-order valence-electron chi connectivity index (χ0n) is 27.6. The maximum Gasteiger partial charge on any atom is 0.414 e. The van der Waals surface area contributed by atoms with Gasteiger partial charge in [0.15, 0.2) is 5.79 Å². The van der Waals surface area contributed by atoms with Crippen molar-refractivity contribution in [3.05, 3.63) is 65.5 Å². The second-order valence-corrected chi connectivity index (χ2v) is 13.5. The molecule has 0 spiro atoms. The molecule has 2 heterocycles. The molecule has 2 aromatic rings. The Balaban J connectivity index is 0.000000875. The van der Waals surface area contributed by atoms with Gasteiger partial charge < -0.3 is 34.6 Å². The SMILES string of the molecule is CC(C)COc1ccc(C(Cc2ccc(F)cc2)C(=O)NC2CCN(CCC3(C)OCC(C)(C)CO3)CC2)cc1.O=C(O)C(=O)O. The summed E-state index contributed by atoms with van der Waals surface area (Å²) >= 11 is 0. The topological polar surface area (TPSA) is 135 Å². The summed E-state index contributed by atoms with van der Waals surface area (Å²) in [5.41, 5.74) is 1.93. The number of amides is 1. The van der Waals surface area contributed by atoms with Crippen LogP contribution in [0.2, 0.25) is 0 Å². The molecule has 254 valence electrons. The highest BCUT2D eigenvalue weighted by Crippen LogP contribution is 2.31. The molecule has 2 aliphatic rings. The molecule has 1 atom stereocenters. The number of carbonyl (C=O) groups is 3. The van der Waals surface area contributed by atoms with E-state index < -0.39 is 17.7 Å². The molecule has 11 heteroatoms. The Hall–Kier alpha value is -3.54. The van der Waals surface area contributed by atoms with E-state index in [0.717, 1.165) is 55.8 Å². The second-order valence-electron chi connectivity index (χ2n) is 13.5. The van der Waals surface area contributed by atoms with Crippen LogP contribution in [0.1, 0.15) is 70.9 Å². The van der Waals surface area contributed by atoms with Crippen molar-refractivity contribution in [3.8, 4) is 5.75 Å². The summed E-state index contributed by atoms with van der Waals surface area (Å²) in [6.45, 7) is 15.4. The number of halogens is 1. The van der Waals surface area contributed by atoms with E-state index in [-0.39, 0.29) is 29.1 Å². The summed E-state index contributed by atoms with van der Waals surface area (Å²) in [7, 11) is 0. The molecule has 0 bridgehead atoms. The molecule has 10 nitrogen and oxygen atoms in total. The molecule has 46 heavy (non-hydrogen) atoms. The highest BCUT2D eigenvalue weighted by Gasteiger charge is 2.37. The average Bonchev–Trinajstić information content (AvgIpc) is 3.02. The Kier molecular flexibility index (Phi) is 13.5. The minimum absolute atomic E-state index is 0.0118. The molecule has 1 amide bonds. The zero-order valence-corrected chi connectivity index (χ0v) is 27.6. The first-order valence-electron chi connectivity index (χ1n) is 15.9. The van der Waals surface area contributed by atoms with Gasteiger partial charge in [0, 0.05) is 37.5 Å². The van der Waals surface area contributed by atoms with E-state index in [0.29, 0.717) is 32.2 Å². The first-order chi connectivity index (χ1) is 21.6. The lowest BCUT2D eigenvalue weighted by Gasteiger charge is -2.42. The van der Waals surface area contributed by atoms with Gasteiger partial charge in [-0.05, 0) is 67.5 Å². The molecule has 0 aliphatic carbocycles. The number of hydrogen-bond donors (Lipinski definition) is 3. The number of benzene rings is 2. The Morgan fingerprint density at radius 1 is 0.957 bits per heavy atom. The van der Waals surface area contributed by atoms with E-state index in [1.165, 1.54) is 12.1 Å². The third kappa shape index (κ3) is 12.3. The summed E-state index contributed by atoms with van der Waals surface area (Å²) < 4.78 is 31.5. The van der Waals surface area contributed by atoms with Gasteiger partial charge in [-0.3, -0.25) is 4.79 Å². The number of nitrogens with zero attached hydrogens (tertiary/aromatic N) is 1. The van der Waals surface area contributed by atoms with Crippen LogP contribution in [-0.2, 0) is 30.3 Å². The number of carbonyl (C=O) groups excluding carboxylic acids is 1. The summed E-state index contributed by atoms with van der Waals surface area (Å²) in [5, 5.41) is 18.1. The van der Waals surface area contributed by atoms with Crippen molar-refractivity contribution in [2.75, 3.05) is 39.5 Å². The molecule has 4 rings (SSSR count). The van der Waals surface area contributed by atoms with E-state index >= 15 is 0 Å². The van der Waals surface area contributed by atoms with Crippen LogP contribution in [0, 0.1) is 17.2 Å². The molecule has 0 radical (unpaired) electrons. The summed E-state index contributed by atoms with van der Waals surface area (Å²) in [6, 6.07) is 14.4. The van der Waals surface area contributed by atoms with Gasteiger partial charge in [-0.25, -0.2) is 14.0 Å². The Bertz CT molecular complexity index is 1250. The minimum atomic E-state index is -1.82. The Morgan fingerprint density at radius 2 is 1.52 bits per heavy atom.